The number of hydrogen-bond donors (Lipinski definition) is 2. The predicted octanol–water partition coefficient (Wildman–Crippen LogP) is 3.57. The average Bonchev–Trinajstić information content (AvgIpc) is 2.93. The highest BCUT2D eigenvalue weighted by Crippen LogP contribution is 2.27. The molecule has 1 amide bonds. The number of aryl methyl sites for hydroxylation is 1. The number of nitriles is 1. The number of ether oxygens (including phenoxy) is 1. The number of carbonyl (C=O) groups excluding carboxylic acids is 1. The minimum atomic E-state index is -0.547. The SMILES string of the molecule is COc1ccc(NC(=O)/C(C#N)=C\Nc2nc(C)cs2)cc1Cl. The van der Waals surface area contributed by atoms with Crippen molar-refractivity contribution in [3.05, 3.63) is 46.1 Å². The lowest BCUT2D eigenvalue weighted by atomic mass is 10.2. The Bertz CT molecular complexity index is 795. The van der Waals surface area contributed by atoms with E-state index in [1.54, 1.807) is 18.2 Å². The Morgan fingerprint density at radius 3 is 2.87 bits per heavy atom. The summed E-state index contributed by atoms with van der Waals surface area (Å²) in [5, 5.41) is 17.4. The fourth-order valence-corrected chi connectivity index (χ4v) is 2.56. The molecule has 1 aromatic carbocycles. The van der Waals surface area contributed by atoms with Crippen LogP contribution in [0, 0.1) is 18.3 Å². The third kappa shape index (κ3) is 4.45. The minimum Gasteiger partial charge on any atom is -0.495 e. The van der Waals surface area contributed by atoms with E-state index in [9.17, 15) is 4.79 Å². The van der Waals surface area contributed by atoms with Crippen LogP contribution in [-0.2, 0) is 4.79 Å². The van der Waals surface area contributed by atoms with Gasteiger partial charge in [-0.1, -0.05) is 11.6 Å². The molecule has 0 aliphatic heterocycles. The summed E-state index contributed by atoms with van der Waals surface area (Å²) in [6.45, 7) is 1.86. The molecule has 2 rings (SSSR count). The van der Waals surface area contributed by atoms with Crippen LogP contribution in [0.2, 0.25) is 5.02 Å². The summed E-state index contributed by atoms with van der Waals surface area (Å²) in [5.41, 5.74) is 1.25. The first-order valence-corrected chi connectivity index (χ1v) is 7.73. The van der Waals surface area contributed by atoms with Gasteiger partial charge >= 0.3 is 0 Å². The van der Waals surface area contributed by atoms with E-state index in [1.807, 2.05) is 18.4 Å². The van der Waals surface area contributed by atoms with Crippen LogP contribution in [0.4, 0.5) is 10.8 Å². The molecule has 2 N–H and O–H groups in total. The smallest absolute Gasteiger partial charge is 0.267 e. The summed E-state index contributed by atoms with van der Waals surface area (Å²) in [5.74, 6) is -0.0453. The van der Waals surface area contributed by atoms with Crippen molar-refractivity contribution in [3.8, 4) is 11.8 Å². The molecular formula is C15H13ClN4O2S. The van der Waals surface area contributed by atoms with Crippen LogP contribution < -0.4 is 15.4 Å². The summed E-state index contributed by atoms with van der Waals surface area (Å²) in [7, 11) is 1.50. The Morgan fingerprint density at radius 2 is 2.30 bits per heavy atom. The molecule has 2 aromatic rings. The highest BCUT2D eigenvalue weighted by molar-refractivity contribution is 7.13. The summed E-state index contributed by atoms with van der Waals surface area (Å²) in [6, 6.07) is 6.65. The number of rotatable bonds is 5. The average molecular weight is 349 g/mol. The molecule has 0 spiro atoms. The van der Waals surface area contributed by atoms with E-state index in [2.05, 4.69) is 15.6 Å². The topological polar surface area (TPSA) is 87.0 Å². The van der Waals surface area contributed by atoms with Gasteiger partial charge in [-0.3, -0.25) is 4.79 Å². The quantitative estimate of drug-likeness (QED) is 0.637. The molecule has 118 valence electrons. The van der Waals surface area contributed by atoms with Crippen LogP contribution in [0.1, 0.15) is 5.69 Å². The second kappa shape index (κ2) is 7.63. The first-order valence-electron chi connectivity index (χ1n) is 6.47. The normalized spacial score (nSPS) is 10.8. The highest BCUT2D eigenvalue weighted by atomic mass is 35.5. The number of nitrogens with one attached hydrogen (secondary N) is 2. The van der Waals surface area contributed by atoms with Gasteiger partial charge in [0, 0.05) is 17.3 Å². The number of anilines is 2. The van der Waals surface area contributed by atoms with Crippen LogP contribution in [-0.4, -0.2) is 18.0 Å². The van der Waals surface area contributed by atoms with Crippen LogP contribution in [0.5, 0.6) is 5.75 Å². The first kappa shape index (κ1) is 16.8. The summed E-state index contributed by atoms with van der Waals surface area (Å²) in [4.78, 5) is 16.3. The zero-order valence-corrected chi connectivity index (χ0v) is 14.0. The molecule has 0 saturated carbocycles. The van der Waals surface area contributed by atoms with Gasteiger partial charge in [-0.2, -0.15) is 5.26 Å². The molecule has 1 heterocycles. The lowest BCUT2D eigenvalue weighted by molar-refractivity contribution is -0.112. The van der Waals surface area contributed by atoms with Crippen molar-refractivity contribution >= 4 is 39.7 Å². The van der Waals surface area contributed by atoms with Gasteiger partial charge in [0.05, 0.1) is 17.8 Å². The van der Waals surface area contributed by atoms with E-state index in [0.717, 1.165) is 5.69 Å². The fraction of sp³-hybridized carbons (Fsp3) is 0.133. The minimum absolute atomic E-state index is 0.0789. The number of aromatic nitrogens is 1. The standard InChI is InChI=1S/C15H13ClN4O2S/c1-9-8-23-15(19-9)18-7-10(6-17)14(21)20-11-3-4-13(22-2)12(16)5-11/h3-5,7-8H,1-2H3,(H,18,19)(H,20,21)/b10-7-. The van der Waals surface area contributed by atoms with Crippen LogP contribution >= 0.6 is 22.9 Å². The molecule has 0 atom stereocenters. The third-order valence-corrected chi connectivity index (χ3v) is 3.92. The van der Waals surface area contributed by atoms with Gasteiger partial charge < -0.3 is 15.4 Å². The highest BCUT2D eigenvalue weighted by Gasteiger charge is 2.11. The molecule has 23 heavy (non-hydrogen) atoms. The number of nitrogens with zero attached hydrogens (tertiary/aromatic N) is 2. The molecule has 0 unspecified atom stereocenters. The van der Waals surface area contributed by atoms with E-state index in [-0.39, 0.29) is 5.57 Å². The lowest BCUT2D eigenvalue weighted by Crippen LogP contribution is -2.14. The van der Waals surface area contributed by atoms with E-state index in [1.165, 1.54) is 24.6 Å². The molecule has 0 aliphatic carbocycles. The largest absolute Gasteiger partial charge is 0.495 e. The molecular weight excluding hydrogens is 336 g/mol. The Labute approximate surface area is 142 Å². The van der Waals surface area contributed by atoms with Gasteiger partial charge in [0.2, 0.25) is 0 Å². The number of halogens is 1. The molecule has 0 aliphatic rings. The second-order valence-corrected chi connectivity index (χ2v) is 5.68. The molecule has 0 saturated heterocycles. The molecule has 0 fully saturated rings. The number of methoxy groups -OCH3 is 1. The Morgan fingerprint density at radius 1 is 1.52 bits per heavy atom. The van der Waals surface area contributed by atoms with Gasteiger partial charge in [-0.15, -0.1) is 11.3 Å². The van der Waals surface area contributed by atoms with Crippen molar-refractivity contribution in [1.29, 1.82) is 5.26 Å². The molecule has 1 aromatic heterocycles. The van der Waals surface area contributed by atoms with Gasteiger partial charge in [-0.05, 0) is 25.1 Å². The number of amides is 1. The number of carbonyl (C=O) groups is 1. The van der Waals surface area contributed by atoms with Crippen molar-refractivity contribution in [2.45, 2.75) is 6.92 Å². The summed E-state index contributed by atoms with van der Waals surface area (Å²) in [6.07, 6.45) is 1.32. The Balaban J connectivity index is 2.08. The van der Waals surface area contributed by atoms with E-state index in [0.29, 0.717) is 21.6 Å². The maximum atomic E-state index is 12.1. The van der Waals surface area contributed by atoms with Gasteiger partial charge in [0.1, 0.15) is 17.4 Å². The van der Waals surface area contributed by atoms with Gasteiger partial charge in [0.25, 0.3) is 5.91 Å². The predicted molar refractivity (Wildman–Crippen MR) is 90.8 cm³/mol. The van der Waals surface area contributed by atoms with Gasteiger partial charge in [0.15, 0.2) is 5.13 Å². The maximum Gasteiger partial charge on any atom is 0.267 e. The third-order valence-electron chi connectivity index (χ3n) is 2.73. The van der Waals surface area contributed by atoms with Crippen molar-refractivity contribution in [2.75, 3.05) is 17.7 Å². The second-order valence-electron chi connectivity index (χ2n) is 4.41. The molecule has 0 radical (unpaired) electrons. The van der Waals surface area contributed by atoms with Crippen molar-refractivity contribution in [2.24, 2.45) is 0 Å². The van der Waals surface area contributed by atoms with E-state index < -0.39 is 5.91 Å². The fourth-order valence-electron chi connectivity index (χ4n) is 1.65. The van der Waals surface area contributed by atoms with Crippen molar-refractivity contribution < 1.29 is 9.53 Å². The number of benzene rings is 1. The van der Waals surface area contributed by atoms with E-state index in [4.69, 9.17) is 21.6 Å². The summed E-state index contributed by atoms with van der Waals surface area (Å²) < 4.78 is 5.04. The molecule has 6 nitrogen and oxygen atoms in total. The van der Waals surface area contributed by atoms with Crippen LogP contribution in [0.25, 0.3) is 0 Å². The molecule has 8 heteroatoms. The molecule has 0 bridgehead atoms. The first-order chi connectivity index (χ1) is 11.0. The maximum absolute atomic E-state index is 12.1. The Hall–Kier alpha value is -2.56. The van der Waals surface area contributed by atoms with E-state index >= 15 is 0 Å². The monoisotopic (exact) mass is 348 g/mol. The van der Waals surface area contributed by atoms with Crippen molar-refractivity contribution in [3.63, 3.8) is 0 Å². The van der Waals surface area contributed by atoms with Gasteiger partial charge in [-0.25, -0.2) is 4.98 Å². The zero-order chi connectivity index (χ0) is 16.8. The number of hydrogen-bond acceptors (Lipinski definition) is 6. The van der Waals surface area contributed by atoms with Crippen molar-refractivity contribution in [1.82, 2.24) is 4.98 Å². The lowest BCUT2D eigenvalue weighted by Gasteiger charge is -2.07. The van der Waals surface area contributed by atoms with Crippen LogP contribution in [0.15, 0.2) is 35.4 Å². The summed E-state index contributed by atoms with van der Waals surface area (Å²) >= 11 is 7.38. The van der Waals surface area contributed by atoms with Crippen LogP contribution in [0.3, 0.4) is 0 Å². The zero-order valence-electron chi connectivity index (χ0n) is 12.4. The Kier molecular flexibility index (Phi) is 5.57. The number of thiazole rings is 1.